The van der Waals surface area contributed by atoms with Crippen LogP contribution in [-0.4, -0.2) is 11.2 Å². The Balaban J connectivity index is 2.49. The molecule has 1 aromatic heterocycles. The van der Waals surface area contributed by atoms with Gasteiger partial charge in [-0.2, -0.15) is 0 Å². The highest BCUT2D eigenvalue weighted by Crippen LogP contribution is 2.46. The highest BCUT2D eigenvalue weighted by Gasteiger charge is 2.30. The van der Waals surface area contributed by atoms with Crippen molar-refractivity contribution in [3.63, 3.8) is 0 Å². The van der Waals surface area contributed by atoms with Gasteiger partial charge in [-0.05, 0) is 25.8 Å². The first-order valence-corrected chi connectivity index (χ1v) is 6.61. The summed E-state index contributed by atoms with van der Waals surface area (Å²) in [5, 5.41) is 11.2. The first-order chi connectivity index (χ1) is 9.52. The highest BCUT2D eigenvalue weighted by atomic mass is 16.5. The molecule has 2 aromatic rings. The van der Waals surface area contributed by atoms with Crippen LogP contribution in [0, 0.1) is 6.92 Å². The number of phenolic OH excluding ortho intramolecular Hbond substituents is 1. The Hall–Kier alpha value is -2.23. The van der Waals surface area contributed by atoms with E-state index in [0.29, 0.717) is 29.7 Å². The molecule has 4 heteroatoms. The zero-order valence-electron chi connectivity index (χ0n) is 11.5. The summed E-state index contributed by atoms with van der Waals surface area (Å²) in [6.45, 7) is 7.48. The Labute approximate surface area is 116 Å². The second-order valence-electron chi connectivity index (χ2n) is 5.21. The number of aromatic hydroxyl groups is 1. The maximum atomic E-state index is 11.6. The summed E-state index contributed by atoms with van der Waals surface area (Å²) in [7, 11) is 0. The van der Waals surface area contributed by atoms with Crippen LogP contribution in [0.4, 0.5) is 0 Å². The molecule has 1 aliphatic heterocycles. The summed E-state index contributed by atoms with van der Waals surface area (Å²) in [5.74, 6) is 0.573. The van der Waals surface area contributed by atoms with Crippen LogP contribution in [0.5, 0.6) is 11.5 Å². The fraction of sp³-hybridized carbons (Fsp3) is 0.312. The van der Waals surface area contributed by atoms with Crippen molar-refractivity contribution in [1.29, 1.82) is 0 Å². The summed E-state index contributed by atoms with van der Waals surface area (Å²) in [4.78, 5) is 11.6. The molecule has 0 saturated carbocycles. The predicted octanol–water partition coefficient (Wildman–Crippen LogP) is 2.86. The topological polar surface area (TPSA) is 59.7 Å². The lowest BCUT2D eigenvalue weighted by Gasteiger charge is -2.13. The molecule has 3 rings (SSSR count). The van der Waals surface area contributed by atoms with Gasteiger partial charge in [-0.15, -0.1) is 6.58 Å². The molecule has 1 aromatic carbocycles. The molecule has 0 bridgehead atoms. The van der Waals surface area contributed by atoms with Gasteiger partial charge in [-0.1, -0.05) is 6.08 Å². The molecule has 4 nitrogen and oxygen atoms in total. The van der Waals surface area contributed by atoms with Gasteiger partial charge >= 0.3 is 5.63 Å². The third-order valence-electron chi connectivity index (χ3n) is 3.67. The lowest BCUT2D eigenvalue weighted by Crippen LogP contribution is -2.05. The van der Waals surface area contributed by atoms with Crippen molar-refractivity contribution in [2.45, 2.75) is 32.8 Å². The van der Waals surface area contributed by atoms with Gasteiger partial charge in [0, 0.05) is 29.0 Å². The number of benzene rings is 1. The summed E-state index contributed by atoms with van der Waals surface area (Å²) in [5.41, 5.74) is 2.42. The van der Waals surface area contributed by atoms with E-state index in [2.05, 4.69) is 6.58 Å². The van der Waals surface area contributed by atoms with E-state index in [4.69, 9.17) is 9.15 Å². The first kappa shape index (κ1) is 12.8. The molecular formula is C16H16O4. The molecule has 0 saturated heterocycles. The van der Waals surface area contributed by atoms with Gasteiger partial charge in [0.25, 0.3) is 0 Å². The third-order valence-corrected chi connectivity index (χ3v) is 3.67. The van der Waals surface area contributed by atoms with Gasteiger partial charge in [-0.25, -0.2) is 4.79 Å². The second kappa shape index (κ2) is 4.40. The van der Waals surface area contributed by atoms with Crippen molar-refractivity contribution in [3.05, 3.63) is 45.8 Å². The van der Waals surface area contributed by atoms with E-state index in [-0.39, 0.29) is 17.5 Å². The second-order valence-corrected chi connectivity index (χ2v) is 5.21. The minimum Gasteiger partial charge on any atom is -0.504 e. The van der Waals surface area contributed by atoms with Crippen LogP contribution in [-0.2, 0) is 12.8 Å². The van der Waals surface area contributed by atoms with Crippen molar-refractivity contribution >= 4 is 11.0 Å². The van der Waals surface area contributed by atoms with E-state index in [1.54, 1.807) is 6.08 Å². The number of ether oxygens (including phenoxy) is 1. The smallest absolute Gasteiger partial charge is 0.336 e. The molecule has 20 heavy (non-hydrogen) atoms. The number of rotatable bonds is 2. The van der Waals surface area contributed by atoms with E-state index >= 15 is 0 Å². The van der Waals surface area contributed by atoms with E-state index < -0.39 is 0 Å². The average molecular weight is 272 g/mol. The molecule has 0 fully saturated rings. The molecule has 2 heterocycles. The Kier molecular flexibility index (Phi) is 2.82. The lowest BCUT2D eigenvalue weighted by atomic mass is 9.96. The normalized spacial score (nSPS) is 17.0. The van der Waals surface area contributed by atoms with Gasteiger partial charge in [0.1, 0.15) is 11.7 Å². The molecule has 0 spiro atoms. The number of fused-ring (bicyclic) bond motifs is 3. The Morgan fingerprint density at radius 3 is 3.00 bits per heavy atom. The summed E-state index contributed by atoms with van der Waals surface area (Å²) in [6.07, 6.45) is 2.79. The number of aryl methyl sites for hydroxylation is 1. The fourth-order valence-corrected chi connectivity index (χ4v) is 2.88. The SMILES string of the molecule is C=CCc1c(O)c2c(c3oc(=O)cc(C)c13)C[C@@H](C)O2. The van der Waals surface area contributed by atoms with E-state index in [9.17, 15) is 9.90 Å². The predicted molar refractivity (Wildman–Crippen MR) is 76.6 cm³/mol. The van der Waals surface area contributed by atoms with Gasteiger partial charge in [0.2, 0.25) is 0 Å². The van der Waals surface area contributed by atoms with Crippen molar-refractivity contribution in [3.8, 4) is 11.5 Å². The molecule has 0 radical (unpaired) electrons. The Bertz CT molecular complexity index is 770. The quantitative estimate of drug-likeness (QED) is 0.674. The molecule has 0 amide bonds. The molecular weight excluding hydrogens is 256 g/mol. The van der Waals surface area contributed by atoms with E-state index in [0.717, 1.165) is 16.5 Å². The minimum atomic E-state index is -0.382. The molecule has 1 aliphatic rings. The number of hydrogen-bond donors (Lipinski definition) is 1. The van der Waals surface area contributed by atoms with Gasteiger partial charge in [-0.3, -0.25) is 0 Å². The van der Waals surface area contributed by atoms with Crippen molar-refractivity contribution < 1.29 is 14.3 Å². The van der Waals surface area contributed by atoms with Crippen LogP contribution in [0.3, 0.4) is 0 Å². The van der Waals surface area contributed by atoms with Crippen LogP contribution in [0.1, 0.15) is 23.6 Å². The molecule has 1 N–H and O–H groups in total. The summed E-state index contributed by atoms with van der Waals surface area (Å²) >= 11 is 0. The summed E-state index contributed by atoms with van der Waals surface area (Å²) < 4.78 is 11.1. The molecule has 1 atom stereocenters. The average Bonchev–Trinajstić information content (AvgIpc) is 2.76. The van der Waals surface area contributed by atoms with Gasteiger partial charge in [0.05, 0.1) is 0 Å². The third kappa shape index (κ3) is 1.72. The largest absolute Gasteiger partial charge is 0.504 e. The van der Waals surface area contributed by atoms with Crippen LogP contribution in [0.15, 0.2) is 27.9 Å². The first-order valence-electron chi connectivity index (χ1n) is 6.61. The van der Waals surface area contributed by atoms with Gasteiger partial charge in [0.15, 0.2) is 11.5 Å². The Morgan fingerprint density at radius 2 is 2.30 bits per heavy atom. The maximum Gasteiger partial charge on any atom is 0.336 e. The monoisotopic (exact) mass is 272 g/mol. The van der Waals surface area contributed by atoms with Crippen molar-refractivity contribution in [2.75, 3.05) is 0 Å². The number of allylic oxidation sites excluding steroid dienone is 1. The number of phenols is 1. The highest BCUT2D eigenvalue weighted by molar-refractivity contribution is 5.92. The standard InChI is InChI=1S/C16H16O4/c1-4-5-10-13-8(2)6-12(17)20-15(13)11-7-9(3)19-16(11)14(10)18/h4,6,9,18H,1,5,7H2,2-3H3/t9-/m1/s1. The van der Waals surface area contributed by atoms with Crippen molar-refractivity contribution in [1.82, 2.24) is 0 Å². The van der Waals surface area contributed by atoms with Crippen molar-refractivity contribution in [2.24, 2.45) is 0 Å². The van der Waals surface area contributed by atoms with Crippen LogP contribution < -0.4 is 10.4 Å². The van der Waals surface area contributed by atoms with Gasteiger partial charge < -0.3 is 14.3 Å². The summed E-state index contributed by atoms with van der Waals surface area (Å²) in [6, 6.07) is 1.44. The maximum absolute atomic E-state index is 11.6. The molecule has 0 aliphatic carbocycles. The minimum absolute atomic E-state index is 0.0381. The molecule has 104 valence electrons. The fourth-order valence-electron chi connectivity index (χ4n) is 2.88. The van der Waals surface area contributed by atoms with Crippen LogP contribution in [0.2, 0.25) is 0 Å². The number of hydrogen-bond acceptors (Lipinski definition) is 4. The zero-order valence-corrected chi connectivity index (χ0v) is 11.5. The Morgan fingerprint density at radius 1 is 1.55 bits per heavy atom. The molecule has 0 unspecified atom stereocenters. The van der Waals surface area contributed by atoms with Crippen LogP contribution >= 0.6 is 0 Å². The van der Waals surface area contributed by atoms with E-state index in [1.165, 1.54) is 6.07 Å². The zero-order chi connectivity index (χ0) is 14.4. The van der Waals surface area contributed by atoms with E-state index in [1.807, 2.05) is 13.8 Å². The lowest BCUT2D eigenvalue weighted by molar-refractivity contribution is 0.245. The van der Waals surface area contributed by atoms with Crippen LogP contribution in [0.25, 0.3) is 11.0 Å².